The standard InChI is InChI=1S/C14H21F3N6/c1-18-12(22-10-4-2-3-5-10)20-8-9-21-13-19-7-6-11(23-13)14(15,16)17/h6-7,10H,2-5,8-9H2,1H3,(H2,18,20,22)(H,19,21,23). The second-order valence-corrected chi connectivity index (χ2v) is 5.31. The fourth-order valence-electron chi connectivity index (χ4n) is 2.42. The second-order valence-electron chi connectivity index (χ2n) is 5.31. The van der Waals surface area contributed by atoms with E-state index >= 15 is 0 Å². The summed E-state index contributed by atoms with van der Waals surface area (Å²) in [4.78, 5) is 11.3. The number of anilines is 1. The van der Waals surface area contributed by atoms with Crippen LogP contribution in [0.1, 0.15) is 31.4 Å². The molecule has 0 amide bonds. The van der Waals surface area contributed by atoms with Crippen LogP contribution in [0.15, 0.2) is 17.3 Å². The molecule has 9 heteroatoms. The lowest BCUT2D eigenvalue weighted by molar-refractivity contribution is -0.141. The molecule has 0 aliphatic heterocycles. The Morgan fingerprint density at radius 1 is 1.30 bits per heavy atom. The average molecular weight is 330 g/mol. The first-order chi connectivity index (χ1) is 11.0. The zero-order valence-electron chi connectivity index (χ0n) is 13.0. The Morgan fingerprint density at radius 3 is 2.70 bits per heavy atom. The Balaban J connectivity index is 1.74. The van der Waals surface area contributed by atoms with Crippen molar-refractivity contribution >= 4 is 11.9 Å². The van der Waals surface area contributed by atoms with Crippen molar-refractivity contribution in [1.29, 1.82) is 0 Å². The smallest absolute Gasteiger partial charge is 0.355 e. The van der Waals surface area contributed by atoms with Crippen LogP contribution in [-0.4, -0.2) is 42.1 Å². The zero-order chi connectivity index (χ0) is 16.7. The van der Waals surface area contributed by atoms with E-state index in [-0.39, 0.29) is 5.95 Å². The lowest BCUT2D eigenvalue weighted by Gasteiger charge is -2.17. The summed E-state index contributed by atoms with van der Waals surface area (Å²) >= 11 is 0. The maximum absolute atomic E-state index is 12.5. The number of aromatic nitrogens is 2. The van der Waals surface area contributed by atoms with Crippen LogP contribution >= 0.6 is 0 Å². The van der Waals surface area contributed by atoms with E-state index in [2.05, 4.69) is 30.9 Å². The van der Waals surface area contributed by atoms with Crippen LogP contribution in [0.25, 0.3) is 0 Å². The Bertz CT molecular complexity index is 525. The predicted molar refractivity (Wildman–Crippen MR) is 82.3 cm³/mol. The van der Waals surface area contributed by atoms with Crippen LogP contribution in [0.4, 0.5) is 19.1 Å². The molecule has 0 spiro atoms. The molecule has 3 N–H and O–H groups in total. The van der Waals surface area contributed by atoms with E-state index < -0.39 is 11.9 Å². The van der Waals surface area contributed by atoms with Gasteiger partial charge in [-0.25, -0.2) is 9.97 Å². The molecule has 1 aromatic heterocycles. The van der Waals surface area contributed by atoms with Crippen molar-refractivity contribution in [3.05, 3.63) is 18.0 Å². The number of hydrogen-bond donors (Lipinski definition) is 3. The summed E-state index contributed by atoms with van der Waals surface area (Å²) in [6.45, 7) is 0.874. The lowest BCUT2D eigenvalue weighted by atomic mass is 10.2. The van der Waals surface area contributed by atoms with Gasteiger partial charge in [0, 0.05) is 32.4 Å². The number of aliphatic imine (C=N–C) groups is 1. The molecule has 0 radical (unpaired) electrons. The monoisotopic (exact) mass is 330 g/mol. The van der Waals surface area contributed by atoms with Crippen molar-refractivity contribution in [2.75, 3.05) is 25.5 Å². The van der Waals surface area contributed by atoms with Gasteiger partial charge in [-0.1, -0.05) is 12.8 Å². The van der Waals surface area contributed by atoms with Crippen LogP contribution in [0.3, 0.4) is 0 Å². The van der Waals surface area contributed by atoms with Gasteiger partial charge in [0.25, 0.3) is 0 Å². The Morgan fingerprint density at radius 2 is 2.04 bits per heavy atom. The molecule has 0 aromatic carbocycles. The van der Waals surface area contributed by atoms with Crippen molar-refractivity contribution in [2.24, 2.45) is 4.99 Å². The molecule has 0 unspecified atom stereocenters. The van der Waals surface area contributed by atoms with E-state index in [0.29, 0.717) is 25.1 Å². The molecule has 1 aromatic rings. The van der Waals surface area contributed by atoms with E-state index in [1.807, 2.05) is 0 Å². The minimum absolute atomic E-state index is 0.0413. The first-order valence-electron chi connectivity index (χ1n) is 7.60. The molecule has 23 heavy (non-hydrogen) atoms. The van der Waals surface area contributed by atoms with Crippen molar-refractivity contribution in [3.8, 4) is 0 Å². The van der Waals surface area contributed by atoms with Crippen molar-refractivity contribution in [1.82, 2.24) is 20.6 Å². The topological polar surface area (TPSA) is 74.2 Å². The van der Waals surface area contributed by atoms with Gasteiger partial charge in [0.15, 0.2) is 5.96 Å². The van der Waals surface area contributed by atoms with Gasteiger partial charge in [-0.15, -0.1) is 0 Å². The molecule has 2 rings (SSSR count). The number of halogens is 3. The maximum Gasteiger partial charge on any atom is 0.433 e. The van der Waals surface area contributed by atoms with Crippen LogP contribution in [0, 0.1) is 0 Å². The molecule has 1 saturated carbocycles. The number of rotatable bonds is 5. The summed E-state index contributed by atoms with van der Waals surface area (Å²) in [5, 5.41) is 9.20. The molecule has 0 atom stereocenters. The van der Waals surface area contributed by atoms with Crippen LogP contribution in [0.2, 0.25) is 0 Å². The van der Waals surface area contributed by atoms with Gasteiger partial charge in [0.05, 0.1) is 0 Å². The fourth-order valence-corrected chi connectivity index (χ4v) is 2.42. The van der Waals surface area contributed by atoms with Gasteiger partial charge in [-0.2, -0.15) is 13.2 Å². The molecular weight excluding hydrogens is 309 g/mol. The number of guanidine groups is 1. The van der Waals surface area contributed by atoms with Gasteiger partial charge in [-0.05, 0) is 18.9 Å². The average Bonchev–Trinajstić information content (AvgIpc) is 3.03. The number of nitrogens with one attached hydrogen (secondary N) is 3. The van der Waals surface area contributed by atoms with Crippen LogP contribution in [-0.2, 0) is 6.18 Å². The van der Waals surface area contributed by atoms with Gasteiger partial charge < -0.3 is 16.0 Å². The number of hydrogen-bond acceptors (Lipinski definition) is 4. The molecule has 1 aliphatic carbocycles. The molecule has 1 fully saturated rings. The summed E-state index contributed by atoms with van der Waals surface area (Å²) in [7, 11) is 1.69. The minimum atomic E-state index is -4.47. The van der Waals surface area contributed by atoms with E-state index in [0.717, 1.165) is 25.1 Å². The lowest BCUT2D eigenvalue weighted by Crippen LogP contribution is -2.43. The summed E-state index contributed by atoms with van der Waals surface area (Å²) in [6.07, 6.45) is 1.34. The highest BCUT2D eigenvalue weighted by atomic mass is 19.4. The fraction of sp³-hybridized carbons (Fsp3) is 0.643. The summed E-state index contributed by atoms with van der Waals surface area (Å²) in [5.41, 5.74) is -0.957. The number of alkyl halides is 3. The number of nitrogens with zero attached hydrogens (tertiary/aromatic N) is 3. The van der Waals surface area contributed by atoms with Crippen LogP contribution < -0.4 is 16.0 Å². The molecule has 0 bridgehead atoms. The van der Waals surface area contributed by atoms with E-state index in [4.69, 9.17) is 0 Å². The minimum Gasteiger partial charge on any atom is -0.355 e. The third kappa shape index (κ3) is 5.57. The second kappa shape index (κ2) is 7.98. The molecular formula is C14H21F3N6. The van der Waals surface area contributed by atoms with E-state index in [1.165, 1.54) is 12.8 Å². The Kier molecular flexibility index (Phi) is 6.00. The molecule has 6 nitrogen and oxygen atoms in total. The first-order valence-corrected chi connectivity index (χ1v) is 7.60. The molecule has 0 saturated heterocycles. The predicted octanol–water partition coefficient (Wildman–Crippen LogP) is 2.01. The molecule has 1 heterocycles. The van der Waals surface area contributed by atoms with Crippen LogP contribution in [0.5, 0.6) is 0 Å². The quantitative estimate of drug-likeness (QED) is 0.437. The van der Waals surface area contributed by atoms with Gasteiger partial charge in [-0.3, -0.25) is 4.99 Å². The molecule has 1 aliphatic rings. The highest BCUT2D eigenvalue weighted by Crippen LogP contribution is 2.27. The highest BCUT2D eigenvalue weighted by molar-refractivity contribution is 5.80. The largest absolute Gasteiger partial charge is 0.433 e. The Hall–Kier alpha value is -2.06. The molecule has 128 valence electrons. The maximum atomic E-state index is 12.5. The summed E-state index contributed by atoms with van der Waals surface area (Å²) in [6, 6.07) is 1.29. The van der Waals surface area contributed by atoms with Crippen molar-refractivity contribution < 1.29 is 13.2 Å². The zero-order valence-corrected chi connectivity index (χ0v) is 13.0. The third-order valence-electron chi connectivity index (χ3n) is 3.57. The summed E-state index contributed by atoms with van der Waals surface area (Å²) < 4.78 is 37.6. The van der Waals surface area contributed by atoms with E-state index in [9.17, 15) is 13.2 Å². The van der Waals surface area contributed by atoms with E-state index in [1.54, 1.807) is 7.05 Å². The highest BCUT2D eigenvalue weighted by Gasteiger charge is 2.32. The first kappa shape index (κ1) is 17.3. The third-order valence-corrected chi connectivity index (χ3v) is 3.57. The van der Waals surface area contributed by atoms with Gasteiger partial charge >= 0.3 is 6.18 Å². The van der Waals surface area contributed by atoms with Crippen molar-refractivity contribution in [2.45, 2.75) is 37.9 Å². The van der Waals surface area contributed by atoms with Gasteiger partial charge in [0.1, 0.15) is 5.69 Å². The Labute approximate surface area is 133 Å². The summed E-state index contributed by atoms with van der Waals surface area (Å²) in [5.74, 6) is 0.657. The van der Waals surface area contributed by atoms with Crippen molar-refractivity contribution in [3.63, 3.8) is 0 Å². The normalized spacial score (nSPS) is 16.4. The SMILES string of the molecule is CN=C(NCCNc1nccc(C(F)(F)F)n1)NC1CCCC1. The van der Waals surface area contributed by atoms with Gasteiger partial charge in [0.2, 0.25) is 5.95 Å².